The SMILES string of the molecule is Cc1c(OCC(F)(F)F)ccnc1CS(=O)c1nc2ccccc2[nH]1.[Ca+2]. The van der Waals surface area contributed by atoms with E-state index in [1.165, 1.54) is 12.3 Å². The molecule has 0 fully saturated rings. The van der Waals surface area contributed by atoms with Gasteiger partial charge in [0.15, 0.2) is 11.8 Å². The first kappa shape index (κ1) is 21.1. The van der Waals surface area contributed by atoms with Gasteiger partial charge in [-0.2, -0.15) is 13.2 Å². The van der Waals surface area contributed by atoms with Gasteiger partial charge in [0.05, 0.1) is 33.3 Å². The Labute approximate surface area is 179 Å². The average Bonchev–Trinajstić information content (AvgIpc) is 2.99. The van der Waals surface area contributed by atoms with Crippen molar-refractivity contribution in [2.45, 2.75) is 24.0 Å². The molecule has 2 heterocycles. The number of nitrogens with one attached hydrogen (secondary N) is 1. The van der Waals surface area contributed by atoms with Gasteiger partial charge >= 0.3 is 43.9 Å². The van der Waals surface area contributed by atoms with Crippen molar-refractivity contribution in [1.82, 2.24) is 15.0 Å². The maximum atomic E-state index is 12.5. The Balaban J connectivity index is 0.00000243. The van der Waals surface area contributed by atoms with Crippen molar-refractivity contribution >= 4 is 59.6 Å². The fourth-order valence-electron chi connectivity index (χ4n) is 2.25. The molecule has 1 atom stereocenters. The van der Waals surface area contributed by atoms with Crippen LogP contribution in [0.3, 0.4) is 0 Å². The largest absolute Gasteiger partial charge is 2.00 e. The number of H-pyrrole nitrogens is 1. The van der Waals surface area contributed by atoms with Gasteiger partial charge in [-0.05, 0) is 25.1 Å². The zero-order valence-electron chi connectivity index (χ0n) is 13.8. The van der Waals surface area contributed by atoms with Gasteiger partial charge in [0.25, 0.3) is 0 Å². The van der Waals surface area contributed by atoms with E-state index in [4.69, 9.17) is 4.74 Å². The molecule has 2 aromatic heterocycles. The normalized spacial score (nSPS) is 12.6. The van der Waals surface area contributed by atoms with Gasteiger partial charge < -0.3 is 9.72 Å². The van der Waals surface area contributed by atoms with E-state index in [-0.39, 0.29) is 49.2 Å². The predicted octanol–water partition coefficient (Wildman–Crippen LogP) is 3.13. The van der Waals surface area contributed by atoms with Crippen molar-refractivity contribution in [2.75, 3.05) is 6.61 Å². The van der Waals surface area contributed by atoms with E-state index in [1.807, 2.05) is 18.2 Å². The molecule has 5 nitrogen and oxygen atoms in total. The molecule has 1 N–H and O–H groups in total. The smallest absolute Gasteiger partial charge is 0.484 e. The third kappa shape index (κ3) is 5.18. The number of halogens is 3. The molecule has 0 bridgehead atoms. The molecule has 0 saturated carbocycles. The Hall–Kier alpha value is -1.16. The van der Waals surface area contributed by atoms with E-state index < -0.39 is 23.6 Å². The summed E-state index contributed by atoms with van der Waals surface area (Å²) in [6.07, 6.45) is -3.09. The maximum absolute atomic E-state index is 12.5. The summed E-state index contributed by atoms with van der Waals surface area (Å²) in [6.45, 7) is 0.202. The summed E-state index contributed by atoms with van der Waals surface area (Å²) < 4.78 is 54.2. The predicted molar refractivity (Wildman–Crippen MR) is 92.5 cm³/mol. The van der Waals surface area contributed by atoms with Crippen molar-refractivity contribution in [3.05, 3.63) is 47.8 Å². The molecule has 3 aromatic rings. The Morgan fingerprint density at radius 3 is 2.65 bits per heavy atom. The molecule has 1 aromatic carbocycles. The van der Waals surface area contributed by atoms with Crippen LogP contribution in [0.15, 0.2) is 41.7 Å². The minimum atomic E-state index is -4.42. The van der Waals surface area contributed by atoms with Gasteiger partial charge in [-0.3, -0.25) is 9.19 Å². The van der Waals surface area contributed by atoms with Crippen LogP contribution in [0.2, 0.25) is 0 Å². The molecule has 0 aliphatic rings. The van der Waals surface area contributed by atoms with Crippen LogP contribution in [-0.4, -0.2) is 69.7 Å². The topological polar surface area (TPSA) is 67.9 Å². The Kier molecular flexibility index (Phi) is 7.06. The molecule has 0 radical (unpaired) electrons. The van der Waals surface area contributed by atoms with Crippen molar-refractivity contribution in [3.63, 3.8) is 0 Å². The van der Waals surface area contributed by atoms with Crippen molar-refractivity contribution in [1.29, 1.82) is 0 Å². The number of para-hydroxylation sites is 2. The van der Waals surface area contributed by atoms with Crippen LogP contribution in [0.1, 0.15) is 11.3 Å². The van der Waals surface area contributed by atoms with Crippen LogP contribution in [0.5, 0.6) is 5.75 Å². The number of hydrogen-bond acceptors (Lipinski definition) is 4. The second kappa shape index (κ2) is 8.69. The van der Waals surface area contributed by atoms with Crippen LogP contribution in [0.4, 0.5) is 13.2 Å². The minimum absolute atomic E-state index is 0. The number of pyridine rings is 1. The third-order valence-corrected chi connectivity index (χ3v) is 4.66. The fourth-order valence-corrected chi connectivity index (χ4v) is 3.35. The Morgan fingerprint density at radius 1 is 1.23 bits per heavy atom. The van der Waals surface area contributed by atoms with E-state index in [0.29, 0.717) is 21.9 Å². The van der Waals surface area contributed by atoms with Crippen molar-refractivity contribution < 1.29 is 22.1 Å². The third-order valence-electron chi connectivity index (χ3n) is 3.50. The number of hydrogen-bond donors (Lipinski definition) is 1. The quantitative estimate of drug-likeness (QED) is 0.658. The number of nitrogens with zero attached hydrogens (tertiary/aromatic N) is 2. The number of rotatable bonds is 5. The molecule has 3 rings (SSSR count). The summed E-state index contributed by atoms with van der Waals surface area (Å²) in [6, 6.07) is 8.62. The summed E-state index contributed by atoms with van der Waals surface area (Å²) in [5.41, 5.74) is 2.28. The molecular weight excluding hydrogens is 395 g/mol. The van der Waals surface area contributed by atoms with E-state index in [1.54, 1.807) is 13.0 Å². The summed E-state index contributed by atoms with van der Waals surface area (Å²) >= 11 is 0. The second-order valence-corrected chi connectivity index (χ2v) is 6.70. The molecular formula is C16H14CaF3N3O2S+2. The minimum Gasteiger partial charge on any atom is -0.484 e. The number of benzene rings is 1. The zero-order chi connectivity index (χ0) is 18.0. The van der Waals surface area contributed by atoms with E-state index in [2.05, 4.69) is 15.0 Å². The van der Waals surface area contributed by atoms with Gasteiger partial charge in [-0.1, -0.05) is 12.1 Å². The fraction of sp³-hybridized carbons (Fsp3) is 0.250. The molecule has 10 heteroatoms. The number of aromatic nitrogens is 3. The molecule has 0 saturated heterocycles. The van der Waals surface area contributed by atoms with Crippen LogP contribution in [-0.2, 0) is 16.6 Å². The summed E-state index contributed by atoms with van der Waals surface area (Å²) in [4.78, 5) is 11.3. The molecule has 0 aliphatic heterocycles. The van der Waals surface area contributed by atoms with Gasteiger partial charge in [0.2, 0.25) is 0 Å². The molecule has 132 valence electrons. The van der Waals surface area contributed by atoms with Gasteiger partial charge in [0.1, 0.15) is 5.75 Å². The first-order valence-corrected chi connectivity index (χ1v) is 8.62. The van der Waals surface area contributed by atoms with E-state index in [0.717, 1.165) is 5.52 Å². The van der Waals surface area contributed by atoms with Crippen molar-refractivity contribution in [3.8, 4) is 5.75 Å². The van der Waals surface area contributed by atoms with Crippen LogP contribution in [0.25, 0.3) is 11.0 Å². The molecule has 0 amide bonds. The Morgan fingerprint density at radius 2 is 1.96 bits per heavy atom. The van der Waals surface area contributed by atoms with E-state index in [9.17, 15) is 17.4 Å². The summed E-state index contributed by atoms with van der Waals surface area (Å²) in [5.74, 6) is 0.0958. The first-order valence-electron chi connectivity index (χ1n) is 7.30. The molecule has 0 spiro atoms. The zero-order valence-corrected chi connectivity index (χ0v) is 16.9. The number of fused-ring (bicyclic) bond motifs is 1. The van der Waals surface area contributed by atoms with Crippen molar-refractivity contribution in [2.24, 2.45) is 0 Å². The van der Waals surface area contributed by atoms with Gasteiger partial charge in [-0.25, -0.2) is 4.98 Å². The standard InChI is InChI=1S/C16H14F3N3O2S.Ca/c1-10-13(20-7-6-14(10)24-9-16(17,18)19)8-25(23)15-21-11-4-2-3-5-12(11)22-15;/h2-7H,8-9H2,1H3,(H,21,22);/q;+2. The molecule has 1 unspecified atom stereocenters. The number of imidazole rings is 1. The van der Waals surface area contributed by atoms with Gasteiger partial charge in [-0.15, -0.1) is 0 Å². The Bertz CT molecular complexity index is 897. The molecule has 26 heavy (non-hydrogen) atoms. The van der Waals surface area contributed by atoms with Crippen LogP contribution >= 0.6 is 0 Å². The number of ether oxygens (including phenoxy) is 1. The first-order chi connectivity index (χ1) is 11.8. The van der Waals surface area contributed by atoms with E-state index >= 15 is 0 Å². The van der Waals surface area contributed by atoms with Crippen LogP contribution < -0.4 is 4.74 Å². The maximum Gasteiger partial charge on any atom is 2.00 e. The van der Waals surface area contributed by atoms with Crippen LogP contribution in [0, 0.1) is 6.92 Å². The molecule has 0 aliphatic carbocycles. The second-order valence-electron chi connectivity index (χ2n) is 5.33. The average molecular weight is 409 g/mol. The summed E-state index contributed by atoms with van der Waals surface area (Å²) in [7, 11) is -1.51. The summed E-state index contributed by atoms with van der Waals surface area (Å²) in [5, 5.41) is 0.295. The number of alkyl halides is 3. The number of aromatic amines is 1. The van der Waals surface area contributed by atoms with Gasteiger partial charge in [0, 0.05) is 11.8 Å². The monoisotopic (exact) mass is 409 g/mol.